The van der Waals surface area contributed by atoms with Gasteiger partial charge in [0.15, 0.2) is 5.82 Å². The van der Waals surface area contributed by atoms with E-state index in [2.05, 4.69) is 10.3 Å². The third-order valence-corrected chi connectivity index (χ3v) is 6.01. The normalized spacial score (nSPS) is 11.5. The van der Waals surface area contributed by atoms with Crippen LogP contribution in [0, 0.1) is 6.92 Å². The van der Waals surface area contributed by atoms with E-state index in [1.54, 1.807) is 31.2 Å². The highest BCUT2D eigenvalue weighted by molar-refractivity contribution is 7.89. The van der Waals surface area contributed by atoms with Crippen molar-refractivity contribution in [1.82, 2.24) is 9.55 Å². The molecule has 2 heterocycles. The van der Waals surface area contributed by atoms with Crippen molar-refractivity contribution >= 4 is 32.7 Å². The van der Waals surface area contributed by atoms with Gasteiger partial charge in [0.05, 0.1) is 12.1 Å². The van der Waals surface area contributed by atoms with Crippen molar-refractivity contribution < 1.29 is 18.3 Å². The van der Waals surface area contributed by atoms with E-state index in [9.17, 15) is 23.1 Å². The zero-order valence-corrected chi connectivity index (χ0v) is 18.3. The molecule has 4 aromatic rings. The second-order valence-electron chi connectivity index (χ2n) is 7.48. The van der Waals surface area contributed by atoms with Gasteiger partial charge in [-0.2, -0.15) is 0 Å². The zero-order valence-electron chi connectivity index (χ0n) is 17.5. The van der Waals surface area contributed by atoms with Gasteiger partial charge in [0.2, 0.25) is 10.0 Å². The number of sulfonamides is 1. The van der Waals surface area contributed by atoms with Crippen LogP contribution < -0.4 is 16.0 Å². The number of rotatable bonds is 5. The first kappa shape index (κ1) is 22.2. The summed E-state index contributed by atoms with van der Waals surface area (Å²) in [6, 6.07) is 17.1. The number of aromatic nitrogens is 2. The number of hydrogen-bond acceptors (Lipinski definition) is 6. The number of amides is 1. The molecule has 0 spiro atoms. The molecule has 2 aromatic heterocycles. The second-order valence-corrected chi connectivity index (χ2v) is 9.01. The van der Waals surface area contributed by atoms with Gasteiger partial charge in [-0.25, -0.2) is 18.5 Å². The number of aromatic hydroxyl groups is 1. The van der Waals surface area contributed by atoms with Crippen LogP contribution in [0.2, 0.25) is 0 Å². The number of aryl methyl sites for hydroxylation is 1. The number of nitrogens with one attached hydrogen (secondary N) is 1. The lowest BCUT2D eigenvalue weighted by molar-refractivity contribution is 0.102. The molecule has 4 N–H and O–H groups in total. The quantitative estimate of drug-likeness (QED) is 0.413. The molecule has 168 valence electrons. The number of nitrogens with zero attached hydrogens (tertiary/aromatic N) is 2. The number of anilines is 1. The van der Waals surface area contributed by atoms with Gasteiger partial charge in [0.25, 0.3) is 11.5 Å². The number of fused-ring (bicyclic) bond motifs is 1. The molecule has 1 amide bonds. The highest BCUT2D eigenvalue weighted by Gasteiger charge is 2.25. The highest BCUT2D eigenvalue weighted by atomic mass is 32.2. The highest BCUT2D eigenvalue weighted by Crippen LogP contribution is 2.28. The molecule has 0 aliphatic rings. The lowest BCUT2D eigenvalue weighted by Gasteiger charge is -2.15. The molecule has 10 heteroatoms. The van der Waals surface area contributed by atoms with E-state index in [0.717, 1.165) is 5.56 Å². The number of para-hydroxylation sites is 1. The summed E-state index contributed by atoms with van der Waals surface area (Å²) in [4.78, 5) is 30.0. The van der Waals surface area contributed by atoms with Crippen molar-refractivity contribution in [3.8, 4) is 5.75 Å². The standard InChI is InChI=1S/C23H20N4O5S/c1-14-11-18(33(24,31)32)21(25-12-14)26-22(29)19-20(28)16-9-5-6-10-17(16)27(23(19)30)13-15-7-3-2-4-8-15/h2-12,28H,13H2,1H3,(H2,24,31,32)(H,25,26,29). The minimum atomic E-state index is -4.21. The average molecular weight is 465 g/mol. The van der Waals surface area contributed by atoms with Crippen LogP contribution in [0.3, 0.4) is 0 Å². The molecule has 0 fully saturated rings. The Balaban J connectivity index is 1.87. The van der Waals surface area contributed by atoms with Gasteiger partial charge in [0.1, 0.15) is 16.2 Å². The third kappa shape index (κ3) is 4.34. The van der Waals surface area contributed by atoms with Gasteiger partial charge in [-0.3, -0.25) is 9.59 Å². The van der Waals surface area contributed by atoms with Crippen molar-refractivity contribution in [2.45, 2.75) is 18.4 Å². The smallest absolute Gasteiger partial charge is 0.268 e. The van der Waals surface area contributed by atoms with Crippen molar-refractivity contribution in [3.63, 3.8) is 0 Å². The van der Waals surface area contributed by atoms with Crippen LogP contribution in [0.5, 0.6) is 5.75 Å². The van der Waals surface area contributed by atoms with Gasteiger partial charge in [-0.1, -0.05) is 42.5 Å². The molecule has 0 aliphatic heterocycles. The van der Waals surface area contributed by atoms with E-state index in [4.69, 9.17) is 5.14 Å². The predicted octanol–water partition coefficient (Wildman–Crippen LogP) is 2.36. The number of primary sulfonamides is 1. The molecule has 0 aliphatic carbocycles. The molecule has 33 heavy (non-hydrogen) atoms. The number of hydrogen-bond donors (Lipinski definition) is 3. The topological polar surface area (TPSA) is 144 Å². The van der Waals surface area contributed by atoms with Crippen molar-refractivity contribution in [2.24, 2.45) is 5.14 Å². The van der Waals surface area contributed by atoms with E-state index in [0.29, 0.717) is 16.5 Å². The van der Waals surface area contributed by atoms with Gasteiger partial charge in [0, 0.05) is 11.6 Å². The van der Waals surface area contributed by atoms with Crippen molar-refractivity contribution in [3.05, 3.63) is 93.9 Å². The minimum absolute atomic E-state index is 0.159. The summed E-state index contributed by atoms with van der Waals surface area (Å²) in [6.07, 6.45) is 1.35. The fraction of sp³-hybridized carbons (Fsp3) is 0.0870. The molecule has 9 nitrogen and oxygen atoms in total. The largest absolute Gasteiger partial charge is 0.506 e. The zero-order chi connectivity index (χ0) is 23.8. The Morgan fingerprint density at radius 3 is 2.48 bits per heavy atom. The molecule has 0 saturated carbocycles. The minimum Gasteiger partial charge on any atom is -0.506 e. The molecule has 0 bridgehead atoms. The fourth-order valence-electron chi connectivity index (χ4n) is 3.54. The van der Waals surface area contributed by atoms with Gasteiger partial charge in [-0.05, 0) is 36.2 Å². The summed E-state index contributed by atoms with van der Waals surface area (Å²) in [5, 5.41) is 18.7. The lowest BCUT2D eigenvalue weighted by Crippen LogP contribution is -2.31. The van der Waals surface area contributed by atoms with E-state index >= 15 is 0 Å². The van der Waals surface area contributed by atoms with Gasteiger partial charge >= 0.3 is 0 Å². The van der Waals surface area contributed by atoms with E-state index in [1.165, 1.54) is 16.8 Å². The van der Waals surface area contributed by atoms with Crippen molar-refractivity contribution in [1.29, 1.82) is 0 Å². The molecule has 0 unspecified atom stereocenters. The number of nitrogens with two attached hydrogens (primary N) is 1. The summed E-state index contributed by atoms with van der Waals surface area (Å²) in [7, 11) is -4.21. The van der Waals surface area contributed by atoms with Crippen LogP contribution in [0.15, 0.2) is 76.6 Å². The van der Waals surface area contributed by atoms with Gasteiger partial charge < -0.3 is 15.0 Å². The number of benzene rings is 2. The van der Waals surface area contributed by atoms with Gasteiger partial charge in [-0.15, -0.1) is 0 Å². The summed E-state index contributed by atoms with van der Waals surface area (Å²) < 4.78 is 25.3. The summed E-state index contributed by atoms with van der Waals surface area (Å²) in [6.45, 7) is 1.77. The van der Waals surface area contributed by atoms with Crippen LogP contribution in [-0.2, 0) is 16.6 Å². The molecule has 0 atom stereocenters. The Bertz CT molecular complexity index is 1550. The molecule has 0 radical (unpaired) electrons. The second kappa shape index (κ2) is 8.49. The van der Waals surface area contributed by atoms with Crippen LogP contribution >= 0.6 is 0 Å². The Morgan fingerprint density at radius 2 is 1.79 bits per heavy atom. The van der Waals surface area contributed by atoms with E-state index in [1.807, 2.05) is 30.3 Å². The molecule has 2 aromatic carbocycles. The molecule has 4 rings (SSSR count). The first-order valence-corrected chi connectivity index (χ1v) is 11.4. The van der Waals surface area contributed by atoms with Crippen LogP contribution in [0.25, 0.3) is 10.9 Å². The third-order valence-electron chi connectivity index (χ3n) is 5.08. The molecule has 0 saturated heterocycles. The van der Waals surface area contributed by atoms with Crippen LogP contribution in [0.1, 0.15) is 21.5 Å². The number of pyridine rings is 2. The summed E-state index contributed by atoms with van der Waals surface area (Å²) in [5.74, 6) is -1.86. The fourth-order valence-corrected chi connectivity index (χ4v) is 4.26. The Labute approximate surface area is 189 Å². The first-order chi connectivity index (χ1) is 15.7. The van der Waals surface area contributed by atoms with Crippen molar-refractivity contribution in [2.75, 3.05) is 5.32 Å². The average Bonchev–Trinajstić information content (AvgIpc) is 2.78. The maximum absolute atomic E-state index is 13.4. The Morgan fingerprint density at radius 1 is 1.12 bits per heavy atom. The molecular weight excluding hydrogens is 444 g/mol. The Hall–Kier alpha value is -4.02. The first-order valence-electron chi connectivity index (χ1n) is 9.86. The maximum Gasteiger partial charge on any atom is 0.268 e. The monoisotopic (exact) mass is 464 g/mol. The number of carbonyl (C=O) groups excluding carboxylic acids is 1. The summed E-state index contributed by atoms with van der Waals surface area (Å²) >= 11 is 0. The number of carbonyl (C=O) groups is 1. The van der Waals surface area contributed by atoms with Crippen LogP contribution in [0.4, 0.5) is 5.82 Å². The summed E-state index contributed by atoms with van der Waals surface area (Å²) in [5.41, 5.74) is 0.498. The van der Waals surface area contributed by atoms with E-state index < -0.39 is 37.7 Å². The van der Waals surface area contributed by atoms with E-state index in [-0.39, 0.29) is 12.4 Å². The predicted molar refractivity (Wildman–Crippen MR) is 124 cm³/mol. The Kier molecular flexibility index (Phi) is 5.71. The molecular formula is C23H20N4O5S. The lowest BCUT2D eigenvalue weighted by atomic mass is 10.1. The SMILES string of the molecule is Cc1cnc(NC(=O)c2c(O)c3ccccc3n(Cc3ccccc3)c2=O)c(S(N)(=O)=O)c1. The maximum atomic E-state index is 13.4. The van der Waals surface area contributed by atoms with Crippen LogP contribution in [-0.4, -0.2) is 29.0 Å².